The van der Waals surface area contributed by atoms with Crippen molar-refractivity contribution in [3.63, 3.8) is 0 Å². The van der Waals surface area contributed by atoms with Crippen LogP contribution in [-0.2, 0) is 24.3 Å². The fraction of sp³-hybridized carbons (Fsp3) is 0.556. The van der Waals surface area contributed by atoms with Crippen molar-refractivity contribution in [2.45, 2.75) is 55.5 Å². The Labute approximate surface area is 163 Å². The third-order valence-electron chi connectivity index (χ3n) is 4.45. The minimum Gasteiger partial charge on any atom is -0.454 e. The molecule has 1 aromatic rings. The van der Waals surface area contributed by atoms with Crippen molar-refractivity contribution < 1.29 is 32.2 Å². The quantitative estimate of drug-likeness (QED) is 0.427. The van der Waals surface area contributed by atoms with Gasteiger partial charge in [0.25, 0.3) is 5.91 Å². The number of benzene rings is 1. The van der Waals surface area contributed by atoms with Crippen LogP contribution in [0, 0.1) is 5.82 Å². The molecule has 28 heavy (non-hydrogen) atoms. The van der Waals surface area contributed by atoms with Gasteiger partial charge < -0.3 is 15.2 Å². The van der Waals surface area contributed by atoms with E-state index in [4.69, 9.17) is 4.74 Å². The van der Waals surface area contributed by atoms with Crippen LogP contribution >= 0.6 is 0 Å². The standard InChI is InChI=1S/C18H25FN2O6S/c19-13-7-9-15(10-8-13)28(25,26)21-16(11-22)18(24)27-12-17(23)20-14-5-3-1-2-4-6-14/h7-10,14,16,21-22H,1-6,11-12H2,(H,20,23). The molecule has 1 aromatic carbocycles. The van der Waals surface area contributed by atoms with Crippen molar-refractivity contribution in [1.82, 2.24) is 10.0 Å². The second kappa shape index (κ2) is 10.5. The van der Waals surface area contributed by atoms with E-state index in [1.54, 1.807) is 0 Å². The van der Waals surface area contributed by atoms with Crippen LogP contribution < -0.4 is 10.0 Å². The number of halogens is 1. The minimum atomic E-state index is -4.18. The van der Waals surface area contributed by atoms with Crippen LogP contribution in [0.3, 0.4) is 0 Å². The van der Waals surface area contributed by atoms with Gasteiger partial charge in [-0.15, -0.1) is 0 Å². The molecule has 2 rings (SSSR count). The van der Waals surface area contributed by atoms with E-state index in [2.05, 4.69) is 5.32 Å². The summed E-state index contributed by atoms with van der Waals surface area (Å²) in [6.45, 7) is -1.42. The zero-order valence-corrected chi connectivity index (χ0v) is 16.2. The first-order valence-corrected chi connectivity index (χ1v) is 10.6. The summed E-state index contributed by atoms with van der Waals surface area (Å²) in [5.74, 6) is -2.17. The van der Waals surface area contributed by atoms with E-state index in [0.29, 0.717) is 0 Å². The zero-order valence-electron chi connectivity index (χ0n) is 15.4. The van der Waals surface area contributed by atoms with Gasteiger partial charge in [0.15, 0.2) is 6.61 Å². The van der Waals surface area contributed by atoms with Crippen LogP contribution in [0.15, 0.2) is 29.2 Å². The lowest BCUT2D eigenvalue weighted by Crippen LogP contribution is -2.45. The van der Waals surface area contributed by atoms with Gasteiger partial charge in [-0.25, -0.2) is 12.8 Å². The van der Waals surface area contributed by atoms with E-state index in [0.717, 1.165) is 62.8 Å². The average Bonchev–Trinajstić information content (AvgIpc) is 2.93. The lowest BCUT2D eigenvalue weighted by atomic mass is 10.1. The molecule has 1 saturated carbocycles. The monoisotopic (exact) mass is 416 g/mol. The van der Waals surface area contributed by atoms with E-state index in [1.165, 1.54) is 0 Å². The van der Waals surface area contributed by atoms with Crippen LogP contribution in [0.5, 0.6) is 0 Å². The summed E-state index contributed by atoms with van der Waals surface area (Å²) in [5.41, 5.74) is 0. The van der Waals surface area contributed by atoms with Crippen LogP contribution in [0.4, 0.5) is 4.39 Å². The van der Waals surface area contributed by atoms with Gasteiger partial charge >= 0.3 is 5.97 Å². The van der Waals surface area contributed by atoms with Crippen molar-refractivity contribution in [3.8, 4) is 0 Å². The second-order valence-electron chi connectivity index (χ2n) is 6.67. The number of esters is 1. The van der Waals surface area contributed by atoms with Crippen molar-refractivity contribution in [2.75, 3.05) is 13.2 Å². The maximum atomic E-state index is 12.9. The van der Waals surface area contributed by atoms with E-state index in [-0.39, 0.29) is 10.9 Å². The Hall–Kier alpha value is -2.04. The number of hydrogen-bond acceptors (Lipinski definition) is 6. The zero-order chi connectivity index (χ0) is 20.6. The third-order valence-corrected chi connectivity index (χ3v) is 5.94. The summed E-state index contributed by atoms with van der Waals surface area (Å²) in [5, 5.41) is 12.1. The molecule has 0 saturated heterocycles. The molecular weight excluding hydrogens is 391 g/mol. The van der Waals surface area contributed by atoms with Crippen molar-refractivity contribution in [3.05, 3.63) is 30.1 Å². The number of hydrogen-bond donors (Lipinski definition) is 3. The van der Waals surface area contributed by atoms with Gasteiger partial charge in [0.05, 0.1) is 11.5 Å². The molecular formula is C18H25FN2O6S. The highest BCUT2D eigenvalue weighted by atomic mass is 32.2. The number of aliphatic hydroxyl groups excluding tert-OH is 1. The second-order valence-corrected chi connectivity index (χ2v) is 8.39. The Kier molecular flexibility index (Phi) is 8.34. The first-order chi connectivity index (χ1) is 13.3. The lowest BCUT2D eigenvalue weighted by molar-refractivity contribution is -0.151. The lowest BCUT2D eigenvalue weighted by Gasteiger charge is -2.18. The molecule has 1 fully saturated rings. The molecule has 1 aliphatic carbocycles. The van der Waals surface area contributed by atoms with E-state index in [9.17, 15) is 27.5 Å². The summed E-state index contributed by atoms with van der Waals surface area (Å²) < 4.78 is 44.2. The molecule has 8 nitrogen and oxygen atoms in total. The van der Waals surface area contributed by atoms with E-state index < -0.39 is 47.0 Å². The van der Waals surface area contributed by atoms with Gasteiger partial charge in [-0.1, -0.05) is 25.7 Å². The van der Waals surface area contributed by atoms with Gasteiger partial charge in [0, 0.05) is 6.04 Å². The molecule has 1 amide bonds. The maximum Gasteiger partial charge on any atom is 0.327 e. The van der Waals surface area contributed by atoms with Crippen molar-refractivity contribution in [1.29, 1.82) is 0 Å². The number of nitrogens with one attached hydrogen (secondary N) is 2. The molecule has 0 bridgehead atoms. The molecule has 0 heterocycles. The van der Waals surface area contributed by atoms with Crippen LogP contribution in [0.2, 0.25) is 0 Å². The Morgan fingerprint density at radius 1 is 1.14 bits per heavy atom. The molecule has 156 valence electrons. The minimum absolute atomic E-state index is 0.0410. The maximum absolute atomic E-state index is 12.9. The molecule has 0 aromatic heterocycles. The third kappa shape index (κ3) is 6.84. The molecule has 10 heteroatoms. The summed E-state index contributed by atoms with van der Waals surface area (Å²) in [4.78, 5) is 23.7. The predicted molar refractivity (Wildman–Crippen MR) is 98.2 cm³/mol. The summed E-state index contributed by atoms with van der Waals surface area (Å²) >= 11 is 0. The SMILES string of the molecule is O=C(COC(=O)C(CO)NS(=O)(=O)c1ccc(F)cc1)NC1CCCCCC1. The van der Waals surface area contributed by atoms with Crippen molar-refractivity contribution >= 4 is 21.9 Å². The van der Waals surface area contributed by atoms with Gasteiger partial charge in [-0.05, 0) is 37.1 Å². The average molecular weight is 416 g/mol. The first-order valence-electron chi connectivity index (χ1n) is 9.16. The molecule has 0 aliphatic heterocycles. The molecule has 0 radical (unpaired) electrons. The highest BCUT2D eigenvalue weighted by Crippen LogP contribution is 2.17. The Bertz CT molecular complexity index is 761. The number of carbonyl (C=O) groups is 2. The Morgan fingerprint density at radius 2 is 1.75 bits per heavy atom. The van der Waals surface area contributed by atoms with Crippen LogP contribution in [0.25, 0.3) is 0 Å². The highest BCUT2D eigenvalue weighted by Gasteiger charge is 2.27. The first kappa shape index (κ1) is 22.3. The molecule has 1 atom stereocenters. The fourth-order valence-corrected chi connectivity index (χ4v) is 4.14. The normalized spacial score (nSPS) is 16.8. The van der Waals surface area contributed by atoms with Gasteiger partial charge in [0.2, 0.25) is 10.0 Å². The fourth-order valence-electron chi connectivity index (χ4n) is 2.96. The summed E-state index contributed by atoms with van der Waals surface area (Å²) in [7, 11) is -4.18. The van der Waals surface area contributed by atoms with Crippen molar-refractivity contribution in [2.24, 2.45) is 0 Å². The Morgan fingerprint density at radius 3 is 2.32 bits per heavy atom. The number of carbonyl (C=O) groups excluding carboxylic acids is 2. The molecule has 1 aliphatic rings. The summed E-state index contributed by atoms with van der Waals surface area (Å²) in [6, 6.07) is 2.42. The smallest absolute Gasteiger partial charge is 0.327 e. The van der Waals surface area contributed by atoms with Crippen LogP contribution in [-0.4, -0.2) is 50.7 Å². The number of amides is 1. The van der Waals surface area contributed by atoms with Gasteiger partial charge in [-0.2, -0.15) is 4.72 Å². The number of rotatable bonds is 8. The van der Waals surface area contributed by atoms with Gasteiger partial charge in [-0.3, -0.25) is 9.59 Å². The van der Waals surface area contributed by atoms with E-state index >= 15 is 0 Å². The predicted octanol–water partition coefficient (Wildman–Crippen LogP) is 0.847. The van der Waals surface area contributed by atoms with Gasteiger partial charge in [0.1, 0.15) is 11.9 Å². The molecule has 0 spiro atoms. The summed E-state index contributed by atoms with van der Waals surface area (Å²) in [6.07, 6.45) is 6.07. The van der Waals surface area contributed by atoms with Crippen LogP contribution in [0.1, 0.15) is 38.5 Å². The Balaban J connectivity index is 1.86. The largest absolute Gasteiger partial charge is 0.454 e. The topological polar surface area (TPSA) is 122 Å². The molecule has 3 N–H and O–H groups in total. The number of ether oxygens (including phenoxy) is 1. The highest BCUT2D eigenvalue weighted by molar-refractivity contribution is 7.89. The number of aliphatic hydroxyl groups is 1. The van der Waals surface area contributed by atoms with E-state index in [1.807, 2.05) is 4.72 Å². The molecule has 1 unspecified atom stereocenters. The number of sulfonamides is 1.